The first-order valence-corrected chi connectivity index (χ1v) is 5.75. The Morgan fingerprint density at radius 2 is 2.29 bits per heavy atom. The number of ether oxygens (including phenoxy) is 1. The number of hydrogen-bond donors (Lipinski definition) is 1. The lowest BCUT2D eigenvalue weighted by molar-refractivity contribution is -0.154. The second-order valence-corrected chi connectivity index (χ2v) is 4.40. The molecule has 2 heterocycles. The van der Waals surface area contributed by atoms with Crippen LogP contribution in [-0.4, -0.2) is 47.7 Å². The third-order valence-electron chi connectivity index (χ3n) is 2.44. The van der Waals surface area contributed by atoms with E-state index in [1.165, 1.54) is 11.2 Å². The molecule has 0 saturated carbocycles. The molecule has 1 unspecified atom stereocenters. The second-order valence-electron chi connectivity index (χ2n) is 3.55. The molecule has 1 N–H and O–H groups in total. The Balaban J connectivity index is 2.10. The highest BCUT2D eigenvalue weighted by Crippen LogP contribution is 2.20. The van der Waals surface area contributed by atoms with Crippen molar-refractivity contribution >= 4 is 27.8 Å². The van der Waals surface area contributed by atoms with E-state index in [1.54, 1.807) is 6.07 Å². The summed E-state index contributed by atoms with van der Waals surface area (Å²) in [5, 5.41) is 8.83. The normalized spacial score (nSPS) is 20.3. The van der Waals surface area contributed by atoms with Gasteiger partial charge in [0.15, 0.2) is 6.10 Å². The standard InChI is InChI=1S/C10H10BrNO5/c11-6-1-3-17-8(6)9(13)12-2-4-16-7(5-12)10(14)15/h1,3,7H,2,4-5H2,(H,14,15). The third kappa shape index (κ3) is 2.50. The number of aliphatic carboxylic acids is 1. The van der Waals surface area contributed by atoms with Gasteiger partial charge in [0.05, 0.1) is 23.9 Å². The molecule has 1 amide bonds. The van der Waals surface area contributed by atoms with Crippen LogP contribution in [0.5, 0.6) is 0 Å². The fraction of sp³-hybridized carbons (Fsp3) is 0.400. The van der Waals surface area contributed by atoms with Crippen LogP contribution in [0.4, 0.5) is 0 Å². The average molecular weight is 304 g/mol. The molecule has 0 aliphatic carbocycles. The minimum Gasteiger partial charge on any atom is -0.479 e. The molecule has 2 rings (SSSR count). The van der Waals surface area contributed by atoms with Crippen LogP contribution in [0.2, 0.25) is 0 Å². The van der Waals surface area contributed by atoms with E-state index in [4.69, 9.17) is 14.3 Å². The van der Waals surface area contributed by atoms with E-state index in [-0.39, 0.29) is 24.8 Å². The molecule has 1 aliphatic heterocycles. The largest absolute Gasteiger partial charge is 0.479 e. The SMILES string of the molecule is O=C(O)C1CN(C(=O)c2occc2Br)CCO1. The molecule has 1 aromatic heterocycles. The van der Waals surface area contributed by atoms with Crippen LogP contribution in [0.15, 0.2) is 21.2 Å². The van der Waals surface area contributed by atoms with Gasteiger partial charge in [-0.05, 0) is 22.0 Å². The predicted octanol–water partition coefficient (Wildman–Crippen LogP) is 0.968. The molecule has 1 fully saturated rings. The van der Waals surface area contributed by atoms with E-state index in [0.29, 0.717) is 11.0 Å². The number of carbonyl (C=O) groups excluding carboxylic acids is 1. The number of carbonyl (C=O) groups is 2. The summed E-state index contributed by atoms with van der Waals surface area (Å²) in [5.41, 5.74) is 0. The van der Waals surface area contributed by atoms with Crippen molar-refractivity contribution in [3.8, 4) is 0 Å². The Morgan fingerprint density at radius 3 is 2.88 bits per heavy atom. The molecule has 1 saturated heterocycles. The number of carboxylic acids is 1. The van der Waals surface area contributed by atoms with Gasteiger partial charge >= 0.3 is 5.97 Å². The van der Waals surface area contributed by atoms with Crippen LogP contribution < -0.4 is 0 Å². The van der Waals surface area contributed by atoms with Crippen molar-refractivity contribution in [3.63, 3.8) is 0 Å². The first kappa shape index (κ1) is 12.1. The van der Waals surface area contributed by atoms with Crippen LogP contribution in [0.1, 0.15) is 10.6 Å². The molecule has 0 bridgehead atoms. The van der Waals surface area contributed by atoms with Crippen LogP contribution in [0.3, 0.4) is 0 Å². The van der Waals surface area contributed by atoms with E-state index in [1.807, 2.05) is 0 Å². The Morgan fingerprint density at radius 1 is 1.53 bits per heavy atom. The quantitative estimate of drug-likeness (QED) is 0.880. The van der Waals surface area contributed by atoms with Crippen LogP contribution in [0.25, 0.3) is 0 Å². The van der Waals surface area contributed by atoms with Gasteiger partial charge in [0, 0.05) is 6.54 Å². The van der Waals surface area contributed by atoms with Crippen LogP contribution in [0, 0.1) is 0 Å². The smallest absolute Gasteiger partial charge is 0.334 e. The second kappa shape index (κ2) is 4.89. The van der Waals surface area contributed by atoms with Gasteiger partial charge in [-0.3, -0.25) is 4.79 Å². The topological polar surface area (TPSA) is 80.0 Å². The predicted molar refractivity (Wildman–Crippen MR) is 59.7 cm³/mol. The Hall–Kier alpha value is -1.34. The monoisotopic (exact) mass is 303 g/mol. The van der Waals surface area contributed by atoms with Gasteiger partial charge in [-0.1, -0.05) is 0 Å². The lowest BCUT2D eigenvalue weighted by Crippen LogP contribution is -2.48. The first-order valence-electron chi connectivity index (χ1n) is 4.96. The molecule has 1 aliphatic rings. The van der Waals surface area contributed by atoms with Gasteiger partial charge in [-0.2, -0.15) is 0 Å². The number of morpholine rings is 1. The Bertz CT molecular complexity index is 444. The number of hydrogen-bond acceptors (Lipinski definition) is 4. The fourth-order valence-electron chi connectivity index (χ4n) is 1.57. The molecule has 0 aromatic carbocycles. The zero-order valence-electron chi connectivity index (χ0n) is 8.76. The maximum atomic E-state index is 12.0. The zero-order chi connectivity index (χ0) is 12.4. The third-order valence-corrected chi connectivity index (χ3v) is 3.06. The molecule has 7 heteroatoms. The van der Waals surface area contributed by atoms with E-state index >= 15 is 0 Å². The lowest BCUT2D eigenvalue weighted by Gasteiger charge is -2.30. The van der Waals surface area contributed by atoms with Crippen molar-refractivity contribution in [2.24, 2.45) is 0 Å². The summed E-state index contributed by atoms with van der Waals surface area (Å²) in [5.74, 6) is -1.23. The summed E-state index contributed by atoms with van der Waals surface area (Å²) < 4.78 is 10.6. The van der Waals surface area contributed by atoms with Gasteiger partial charge in [-0.25, -0.2) is 4.79 Å². The van der Waals surface area contributed by atoms with Gasteiger partial charge < -0.3 is 19.2 Å². The van der Waals surface area contributed by atoms with Gasteiger partial charge in [0.2, 0.25) is 5.76 Å². The van der Waals surface area contributed by atoms with E-state index in [2.05, 4.69) is 15.9 Å². The Kier molecular flexibility index (Phi) is 3.49. The molecule has 0 spiro atoms. The molecule has 0 radical (unpaired) electrons. The maximum Gasteiger partial charge on any atom is 0.334 e. The minimum absolute atomic E-state index is 0.0291. The summed E-state index contributed by atoms with van der Waals surface area (Å²) in [6, 6.07) is 1.61. The van der Waals surface area contributed by atoms with Gasteiger partial charge in [0.1, 0.15) is 0 Å². The van der Waals surface area contributed by atoms with Crippen LogP contribution in [-0.2, 0) is 9.53 Å². The van der Waals surface area contributed by atoms with Crippen molar-refractivity contribution in [3.05, 3.63) is 22.6 Å². The molecule has 1 aromatic rings. The summed E-state index contributed by atoms with van der Waals surface area (Å²) in [4.78, 5) is 24.2. The molecule has 6 nitrogen and oxygen atoms in total. The lowest BCUT2D eigenvalue weighted by atomic mass is 10.2. The number of furan rings is 1. The zero-order valence-corrected chi connectivity index (χ0v) is 10.3. The summed E-state index contributed by atoms with van der Waals surface area (Å²) >= 11 is 3.19. The van der Waals surface area contributed by atoms with Gasteiger partial charge in [-0.15, -0.1) is 0 Å². The Labute approximate surface area is 105 Å². The minimum atomic E-state index is -1.07. The van der Waals surface area contributed by atoms with Crippen LogP contribution >= 0.6 is 15.9 Å². The first-order chi connectivity index (χ1) is 8.09. The number of amides is 1. The van der Waals surface area contributed by atoms with Crippen molar-refractivity contribution in [2.75, 3.05) is 19.7 Å². The van der Waals surface area contributed by atoms with E-state index < -0.39 is 12.1 Å². The molecule has 1 atom stereocenters. The van der Waals surface area contributed by atoms with Crippen molar-refractivity contribution < 1.29 is 23.8 Å². The number of carboxylic acid groups (broad SMARTS) is 1. The highest BCUT2D eigenvalue weighted by atomic mass is 79.9. The highest BCUT2D eigenvalue weighted by molar-refractivity contribution is 9.10. The van der Waals surface area contributed by atoms with Crippen molar-refractivity contribution in [1.82, 2.24) is 4.90 Å². The molecular weight excluding hydrogens is 294 g/mol. The molecule has 92 valence electrons. The van der Waals surface area contributed by atoms with Crippen molar-refractivity contribution in [1.29, 1.82) is 0 Å². The maximum absolute atomic E-state index is 12.0. The van der Waals surface area contributed by atoms with Gasteiger partial charge in [0.25, 0.3) is 5.91 Å². The summed E-state index contributed by atoms with van der Waals surface area (Å²) in [7, 11) is 0. The van der Waals surface area contributed by atoms with E-state index in [9.17, 15) is 9.59 Å². The number of halogens is 1. The number of rotatable bonds is 2. The van der Waals surface area contributed by atoms with E-state index in [0.717, 1.165) is 0 Å². The average Bonchev–Trinajstić information content (AvgIpc) is 2.74. The molecule has 17 heavy (non-hydrogen) atoms. The van der Waals surface area contributed by atoms with Crippen molar-refractivity contribution in [2.45, 2.75) is 6.10 Å². The summed E-state index contributed by atoms with van der Waals surface area (Å²) in [6.45, 7) is 0.595. The fourth-order valence-corrected chi connectivity index (χ4v) is 1.94. The molecular formula is C10H10BrNO5. The summed E-state index contributed by atoms with van der Waals surface area (Å²) in [6.07, 6.45) is 0.424. The number of nitrogens with zero attached hydrogens (tertiary/aromatic N) is 1. The highest BCUT2D eigenvalue weighted by Gasteiger charge is 2.31.